The number of aryl methyl sites for hydroxylation is 3. The lowest BCUT2D eigenvalue weighted by atomic mass is 10.1. The number of hydrogen-bond acceptors (Lipinski definition) is 4. The van der Waals surface area contributed by atoms with E-state index in [4.69, 9.17) is 4.74 Å². The highest BCUT2D eigenvalue weighted by atomic mass is 79.9. The molecule has 1 N–H and O–H groups in total. The van der Waals surface area contributed by atoms with Gasteiger partial charge in [-0.1, -0.05) is 30.4 Å². The summed E-state index contributed by atoms with van der Waals surface area (Å²) in [6.45, 7) is 6.75. The van der Waals surface area contributed by atoms with Gasteiger partial charge in [-0.25, -0.2) is 4.98 Å². The number of carbonyl (C=O) groups excluding carboxylic acids is 1. The molecule has 6 heteroatoms. The first-order valence-corrected chi connectivity index (χ1v) is 10.7. The summed E-state index contributed by atoms with van der Waals surface area (Å²) in [6.07, 6.45) is 2.04. The summed E-state index contributed by atoms with van der Waals surface area (Å²) in [6, 6.07) is 10.2. The molecule has 2 aromatic carbocycles. The number of aromatic nitrogens is 1. The maximum absolute atomic E-state index is 12.2. The van der Waals surface area contributed by atoms with Gasteiger partial charge in [-0.05, 0) is 77.5 Å². The Labute approximate surface area is 172 Å². The molecule has 1 amide bonds. The molecule has 0 radical (unpaired) electrons. The Bertz CT molecular complexity index is 968. The predicted molar refractivity (Wildman–Crippen MR) is 116 cm³/mol. The third kappa shape index (κ3) is 4.87. The lowest BCUT2D eigenvalue weighted by molar-refractivity contribution is -0.116. The van der Waals surface area contributed by atoms with Crippen LogP contribution in [0.5, 0.6) is 5.75 Å². The van der Waals surface area contributed by atoms with Gasteiger partial charge < -0.3 is 10.1 Å². The second-order valence-electron chi connectivity index (χ2n) is 6.49. The zero-order chi connectivity index (χ0) is 19.4. The van der Waals surface area contributed by atoms with Crippen molar-refractivity contribution in [2.75, 3.05) is 11.9 Å². The first-order valence-electron chi connectivity index (χ1n) is 9.05. The molecule has 1 heterocycles. The smallest absolute Gasteiger partial charge is 0.226 e. The molecule has 0 unspecified atom stereocenters. The van der Waals surface area contributed by atoms with Gasteiger partial charge in [0.2, 0.25) is 5.91 Å². The number of amides is 1. The average Bonchev–Trinajstić information content (AvgIpc) is 3.06. The fourth-order valence-corrected chi connectivity index (χ4v) is 4.24. The molecule has 0 aliphatic carbocycles. The van der Waals surface area contributed by atoms with Crippen molar-refractivity contribution in [2.45, 2.75) is 40.0 Å². The van der Waals surface area contributed by atoms with Crippen LogP contribution < -0.4 is 10.1 Å². The second-order valence-corrected chi connectivity index (χ2v) is 8.38. The average molecular weight is 447 g/mol. The first kappa shape index (κ1) is 19.8. The molecule has 0 aliphatic heterocycles. The van der Waals surface area contributed by atoms with E-state index in [2.05, 4.69) is 71.3 Å². The lowest BCUT2D eigenvalue weighted by Gasteiger charge is -2.09. The van der Waals surface area contributed by atoms with E-state index in [1.165, 1.54) is 22.5 Å². The standard InChI is InChI=1S/C21H23BrN2O2S/c1-4-15-8-9-17(16(22)12-15)26-11-5-6-19(25)23-21-24-20-14(3)13(2)7-10-18(20)27-21/h7-10,12H,4-6,11H2,1-3H3,(H,23,24,25). The minimum absolute atomic E-state index is 0.0348. The molecule has 0 saturated heterocycles. The number of nitrogens with one attached hydrogen (secondary N) is 1. The predicted octanol–water partition coefficient (Wildman–Crippen LogP) is 6.04. The number of carbonyl (C=O) groups is 1. The van der Waals surface area contributed by atoms with Gasteiger partial charge in [-0.2, -0.15) is 0 Å². The molecular weight excluding hydrogens is 424 g/mol. The van der Waals surface area contributed by atoms with Crippen molar-refractivity contribution < 1.29 is 9.53 Å². The summed E-state index contributed by atoms with van der Waals surface area (Å²) < 4.78 is 7.82. The first-order chi connectivity index (χ1) is 13.0. The van der Waals surface area contributed by atoms with Gasteiger partial charge in [0.05, 0.1) is 21.3 Å². The zero-order valence-electron chi connectivity index (χ0n) is 15.8. The van der Waals surface area contributed by atoms with Crippen LogP contribution >= 0.6 is 27.3 Å². The molecule has 0 atom stereocenters. The van der Waals surface area contributed by atoms with E-state index in [1.807, 2.05) is 6.07 Å². The van der Waals surface area contributed by atoms with E-state index in [-0.39, 0.29) is 5.91 Å². The largest absolute Gasteiger partial charge is 0.492 e. The second kappa shape index (κ2) is 8.85. The van der Waals surface area contributed by atoms with Gasteiger partial charge >= 0.3 is 0 Å². The number of fused-ring (bicyclic) bond motifs is 1. The van der Waals surface area contributed by atoms with Crippen LogP contribution in [0.2, 0.25) is 0 Å². The van der Waals surface area contributed by atoms with Crippen LogP contribution in [-0.4, -0.2) is 17.5 Å². The highest BCUT2D eigenvalue weighted by molar-refractivity contribution is 9.10. The Morgan fingerprint density at radius 3 is 2.81 bits per heavy atom. The number of nitrogens with zero attached hydrogens (tertiary/aromatic N) is 1. The van der Waals surface area contributed by atoms with Crippen LogP contribution in [0.15, 0.2) is 34.8 Å². The fraction of sp³-hybridized carbons (Fsp3) is 0.333. The Balaban J connectivity index is 1.49. The molecule has 0 bridgehead atoms. The molecular formula is C21H23BrN2O2S. The molecule has 142 valence electrons. The van der Waals surface area contributed by atoms with Crippen LogP contribution in [0.4, 0.5) is 5.13 Å². The maximum atomic E-state index is 12.2. The Hall–Kier alpha value is -1.92. The molecule has 0 fully saturated rings. The van der Waals surface area contributed by atoms with E-state index >= 15 is 0 Å². The number of ether oxygens (including phenoxy) is 1. The number of hydrogen-bond donors (Lipinski definition) is 1. The Morgan fingerprint density at radius 1 is 1.26 bits per heavy atom. The zero-order valence-corrected chi connectivity index (χ0v) is 18.2. The van der Waals surface area contributed by atoms with E-state index < -0.39 is 0 Å². The van der Waals surface area contributed by atoms with Crippen molar-refractivity contribution in [1.82, 2.24) is 4.98 Å². The lowest BCUT2D eigenvalue weighted by Crippen LogP contribution is -2.12. The summed E-state index contributed by atoms with van der Waals surface area (Å²) in [5.41, 5.74) is 4.60. The molecule has 1 aromatic heterocycles. The van der Waals surface area contributed by atoms with Gasteiger partial charge in [0.25, 0.3) is 0 Å². The molecule has 3 aromatic rings. The van der Waals surface area contributed by atoms with E-state index in [0.717, 1.165) is 32.4 Å². The van der Waals surface area contributed by atoms with Crippen LogP contribution in [0.1, 0.15) is 36.5 Å². The highest BCUT2D eigenvalue weighted by Gasteiger charge is 2.10. The number of halogens is 1. The van der Waals surface area contributed by atoms with Crippen molar-refractivity contribution >= 4 is 48.5 Å². The van der Waals surface area contributed by atoms with Crippen molar-refractivity contribution in [1.29, 1.82) is 0 Å². The maximum Gasteiger partial charge on any atom is 0.226 e. The van der Waals surface area contributed by atoms with Crippen molar-refractivity contribution in [3.8, 4) is 5.75 Å². The molecule has 4 nitrogen and oxygen atoms in total. The van der Waals surface area contributed by atoms with Crippen LogP contribution in [0, 0.1) is 13.8 Å². The summed E-state index contributed by atoms with van der Waals surface area (Å²) in [4.78, 5) is 16.8. The monoisotopic (exact) mass is 446 g/mol. The summed E-state index contributed by atoms with van der Waals surface area (Å²) in [7, 11) is 0. The Kier molecular flexibility index (Phi) is 6.50. The fourth-order valence-electron chi connectivity index (χ4n) is 2.76. The number of benzene rings is 2. The third-order valence-electron chi connectivity index (χ3n) is 4.54. The SMILES string of the molecule is CCc1ccc(OCCCC(=O)Nc2nc3c(C)c(C)ccc3s2)c(Br)c1. The topological polar surface area (TPSA) is 51.2 Å². The minimum Gasteiger partial charge on any atom is -0.492 e. The molecule has 27 heavy (non-hydrogen) atoms. The number of anilines is 1. The summed E-state index contributed by atoms with van der Waals surface area (Å²) >= 11 is 5.04. The minimum atomic E-state index is -0.0348. The highest BCUT2D eigenvalue weighted by Crippen LogP contribution is 2.30. The van der Waals surface area contributed by atoms with Crippen LogP contribution in [0.25, 0.3) is 10.2 Å². The molecule has 0 spiro atoms. The van der Waals surface area contributed by atoms with E-state index in [1.54, 1.807) is 0 Å². The quantitative estimate of drug-likeness (QED) is 0.450. The van der Waals surface area contributed by atoms with E-state index in [0.29, 0.717) is 24.6 Å². The third-order valence-corrected chi connectivity index (χ3v) is 6.10. The Morgan fingerprint density at radius 2 is 2.07 bits per heavy atom. The van der Waals surface area contributed by atoms with Gasteiger partial charge in [-0.15, -0.1) is 0 Å². The van der Waals surface area contributed by atoms with E-state index in [9.17, 15) is 4.79 Å². The molecule has 0 aliphatic rings. The van der Waals surface area contributed by atoms with Crippen molar-refractivity contribution in [2.24, 2.45) is 0 Å². The van der Waals surface area contributed by atoms with Gasteiger partial charge in [0.1, 0.15) is 5.75 Å². The normalized spacial score (nSPS) is 11.0. The van der Waals surface area contributed by atoms with Gasteiger partial charge in [-0.3, -0.25) is 4.79 Å². The van der Waals surface area contributed by atoms with Gasteiger partial charge in [0.15, 0.2) is 5.13 Å². The molecule has 3 rings (SSSR count). The summed E-state index contributed by atoms with van der Waals surface area (Å²) in [5.74, 6) is 0.775. The van der Waals surface area contributed by atoms with Crippen LogP contribution in [-0.2, 0) is 11.2 Å². The molecule has 0 saturated carbocycles. The number of rotatable bonds is 7. The van der Waals surface area contributed by atoms with Crippen molar-refractivity contribution in [3.63, 3.8) is 0 Å². The van der Waals surface area contributed by atoms with Crippen molar-refractivity contribution in [3.05, 3.63) is 51.5 Å². The number of thiazole rings is 1. The van der Waals surface area contributed by atoms with Gasteiger partial charge in [0, 0.05) is 6.42 Å². The van der Waals surface area contributed by atoms with Crippen LogP contribution in [0.3, 0.4) is 0 Å². The summed E-state index contributed by atoms with van der Waals surface area (Å²) in [5, 5.41) is 3.56.